The van der Waals surface area contributed by atoms with Gasteiger partial charge in [-0.05, 0) is 67.6 Å². The lowest BCUT2D eigenvalue weighted by molar-refractivity contribution is -0.744. The molecule has 3 nitrogen and oxygen atoms in total. The number of hydrogen-bond donors (Lipinski definition) is 0. The van der Waals surface area contributed by atoms with Gasteiger partial charge in [-0.15, -0.1) is 0 Å². The Morgan fingerprint density at radius 2 is 1.35 bits per heavy atom. The van der Waals surface area contributed by atoms with Crippen LogP contribution < -0.4 is 9.13 Å². The molecule has 4 unspecified atom stereocenters. The molecule has 4 atom stereocenters. The molecule has 10 rings (SSSR count). The Morgan fingerprint density at radius 1 is 0.647 bits per heavy atom. The number of rotatable bonds is 6. The summed E-state index contributed by atoms with van der Waals surface area (Å²) in [6, 6.07) is 50.4. The molecule has 0 N–H and O–H groups in total. The summed E-state index contributed by atoms with van der Waals surface area (Å²) in [4.78, 5) is 0. The van der Waals surface area contributed by atoms with Crippen LogP contribution in [0.25, 0.3) is 50.5 Å². The maximum absolute atomic E-state index is 2.80. The van der Waals surface area contributed by atoms with E-state index < -0.39 is 0 Å². The van der Waals surface area contributed by atoms with Crippen molar-refractivity contribution in [1.29, 1.82) is 0 Å². The molecule has 5 aromatic carbocycles. The topological polar surface area (TPSA) is 12.7 Å². The second-order valence-electron chi connectivity index (χ2n) is 15.3. The zero-order valence-electron chi connectivity index (χ0n) is 30.1. The van der Waals surface area contributed by atoms with Gasteiger partial charge in [-0.1, -0.05) is 118 Å². The van der Waals surface area contributed by atoms with Crippen LogP contribution in [0.1, 0.15) is 87.6 Å². The lowest BCUT2D eigenvalue weighted by Gasteiger charge is -2.50. The van der Waals surface area contributed by atoms with Crippen molar-refractivity contribution in [3.8, 4) is 39.5 Å². The summed E-state index contributed by atoms with van der Waals surface area (Å²) < 4.78 is 8.01. The summed E-state index contributed by atoms with van der Waals surface area (Å²) in [5, 5.41) is 0. The van der Waals surface area contributed by atoms with Gasteiger partial charge in [0.15, 0.2) is 23.3 Å². The van der Waals surface area contributed by atoms with Crippen LogP contribution in [0.15, 0.2) is 140 Å². The fraction of sp³-hybridized carbons (Fsp3) is 0.250. The third-order valence-electron chi connectivity index (χ3n) is 13.4. The molecule has 5 heterocycles. The van der Waals surface area contributed by atoms with Crippen LogP contribution in [0.4, 0.5) is 0 Å². The van der Waals surface area contributed by atoms with Gasteiger partial charge in [-0.2, -0.15) is 9.13 Å². The summed E-state index contributed by atoms with van der Waals surface area (Å²) in [5.41, 5.74) is 16.2. The van der Waals surface area contributed by atoms with E-state index in [1.165, 1.54) is 72.7 Å². The quantitative estimate of drug-likeness (QED) is 0.157. The van der Waals surface area contributed by atoms with Gasteiger partial charge in [0, 0.05) is 46.1 Å². The molecule has 250 valence electrons. The van der Waals surface area contributed by atoms with Gasteiger partial charge in [0.25, 0.3) is 5.82 Å². The van der Waals surface area contributed by atoms with E-state index in [4.69, 9.17) is 0 Å². The van der Waals surface area contributed by atoms with Gasteiger partial charge >= 0.3 is 0 Å². The molecule has 51 heavy (non-hydrogen) atoms. The molecular weight excluding hydrogens is 619 g/mol. The molecule has 3 heteroatoms. The summed E-state index contributed by atoms with van der Waals surface area (Å²) in [6.07, 6.45) is 6.66. The summed E-state index contributed by atoms with van der Waals surface area (Å²) in [7, 11) is 0. The number of imidazole rings is 1. The first-order valence-corrected chi connectivity index (χ1v) is 19.0. The molecule has 0 bridgehead atoms. The zero-order valence-corrected chi connectivity index (χ0v) is 30.1. The smallest absolute Gasteiger partial charge is 0.216 e. The minimum atomic E-state index is -0.159. The minimum Gasteiger partial charge on any atom is -0.216 e. The van der Waals surface area contributed by atoms with Crippen molar-refractivity contribution < 1.29 is 9.13 Å². The summed E-state index contributed by atoms with van der Waals surface area (Å²) in [5.74, 6) is 1.67. The van der Waals surface area contributed by atoms with Crippen LogP contribution in [0.2, 0.25) is 0 Å². The van der Waals surface area contributed by atoms with Crippen molar-refractivity contribution >= 4 is 11.0 Å². The molecule has 0 aliphatic carbocycles. The fourth-order valence-corrected chi connectivity index (χ4v) is 10.7. The van der Waals surface area contributed by atoms with Crippen LogP contribution in [0, 0.1) is 0 Å². The maximum atomic E-state index is 2.80. The van der Waals surface area contributed by atoms with E-state index in [-0.39, 0.29) is 17.0 Å². The number of nitrogens with zero attached hydrogens (tertiary/aromatic N) is 3. The van der Waals surface area contributed by atoms with E-state index in [0.29, 0.717) is 5.92 Å². The SMILES string of the molecule is CCC1(CCC2c3ccccc3-c3ccc(-c4ccccc4)c[n+]32)c2ccccc2-c2n3c4c(cccc4[n+]2C1(C)CC)C(C)c1ccccc1-3. The standard InChI is InChI=1S/C48H45N3/c1-5-47(4)48(6-2,30-29-42-38-21-11-10-20-37(38)41-28-27-34(31-49(41)42)33-17-8-7-9-18-33)40-24-14-12-22-39(40)46-50-43-25-15-13-19-35(43)32(3)36-23-16-26-44(45(36)50)51(46)47/h7-28,31-32,42H,5-6,29-30H2,1-4H3/q+2. The van der Waals surface area contributed by atoms with Gasteiger partial charge < -0.3 is 0 Å². The van der Waals surface area contributed by atoms with E-state index in [1.807, 2.05) is 0 Å². The van der Waals surface area contributed by atoms with Crippen LogP contribution in [-0.4, -0.2) is 4.57 Å². The van der Waals surface area contributed by atoms with Crippen molar-refractivity contribution in [2.24, 2.45) is 0 Å². The van der Waals surface area contributed by atoms with Gasteiger partial charge in [-0.25, -0.2) is 4.57 Å². The van der Waals surface area contributed by atoms with E-state index >= 15 is 0 Å². The first-order valence-electron chi connectivity index (χ1n) is 19.0. The van der Waals surface area contributed by atoms with Crippen LogP contribution in [0.3, 0.4) is 0 Å². The van der Waals surface area contributed by atoms with Crippen molar-refractivity contribution in [3.63, 3.8) is 0 Å². The molecule has 0 saturated heterocycles. The molecular formula is C48H45N3+2. The van der Waals surface area contributed by atoms with Crippen molar-refractivity contribution in [2.75, 3.05) is 0 Å². The van der Waals surface area contributed by atoms with Gasteiger partial charge in [0.2, 0.25) is 5.69 Å². The number of benzene rings is 5. The highest BCUT2D eigenvalue weighted by atomic mass is 15.2. The van der Waals surface area contributed by atoms with E-state index in [0.717, 1.165) is 25.7 Å². The van der Waals surface area contributed by atoms with E-state index in [9.17, 15) is 0 Å². The number of aromatic nitrogens is 3. The van der Waals surface area contributed by atoms with Crippen LogP contribution in [0.5, 0.6) is 0 Å². The Morgan fingerprint density at radius 3 is 2.16 bits per heavy atom. The van der Waals surface area contributed by atoms with Gasteiger partial charge in [-0.3, -0.25) is 0 Å². The highest BCUT2D eigenvalue weighted by Gasteiger charge is 2.59. The van der Waals surface area contributed by atoms with Gasteiger partial charge in [0.05, 0.1) is 11.1 Å². The molecule has 7 aromatic rings. The largest absolute Gasteiger partial charge is 0.295 e. The Labute approximate surface area is 301 Å². The third-order valence-corrected chi connectivity index (χ3v) is 13.4. The third kappa shape index (κ3) is 3.95. The number of para-hydroxylation sites is 2. The average Bonchev–Trinajstić information content (AvgIpc) is 3.71. The maximum Gasteiger partial charge on any atom is 0.295 e. The second kappa shape index (κ2) is 11.1. The average molecular weight is 664 g/mol. The monoisotopic (exact) mass is 663 g/mol. The summed E-state index contributed by atoms with van der Waals surface area (Å²) in [6.45, 7) is 9.85. The lowest BCUT2D eigenvalue weighted by Crippen LogP contribution is -2.68. The second-order valence-corrected chi connectivity index (χ2v) is 15.3. The predicted molar refractivity (Wildman–Crippen MR) is 207 cm³/mol. The molecule has 3 aliphatic heterocycles. The first kappa shape index (κ1) is 30.5. The van der Waals surface area contributed by atoms with Crippen LogP contribution in [-0.2, 0) is 11.0 Å². The Bertz CT molecular complexity index is 2510. The van der Waals surface area contributed by atoms with Gasteiger partial charge in [0.1, 0.15) is 11.2 Å². The van der Waals surface area contributed by atoms with Crippen molar-refractivity contribution in [3.05, 3.63) is 162 Å². The summed E-state index contributed by atoms with van der Waals surface area (Å²) >= 11 is 0. The number of pyridine rings is 1. The molecule has 0 saturated carbocycles. The predicted octanol–water partition coefficient (Wildman–Crippen LogP) is 10.8. The number of fused-ring (bicyclic) bond motifs is 10. The molecule has 2 aromatic heterocycles. The van der Waals surface area contributed by atoms with Crippen LogP contribution >= 0.6 is 0 Å². The van der Waals surface area contributed by atoms with Crippen molar-refractivity contribution in [2.45, 2.75) is 76.3 Å². The van der Waals surface area contributed by atoms with Crippen molar-refractivity contribution in [1.82, 2.24) is 4.57 Å². The highest BCUT2D eigenvalue weighted by Crippen LogP contribution is 2.56. The van der Waals surface area contributed by atoms with E-state index in [2.05, 4.69) is 181 Å². The Kier molecular flexibility index (Phi) is 6.65. The molecule has 0 fully saturated rings. The molecule has 0 spiro atoms. The molecule has 0 amide bonds. The lowest BCUT2D eigenvalue weighted by atomic mass is 9.57. The highest BCUT2D eigenvalue weighted by molar-refractivity contribution is 5.87. The fourth-order valence-electron chi connectivity index (χ4n) is 10.7. The molecule has 3 aliphatic rings. The normalized spacial score (nSPS) is 22.2. The number of hydrogen-bond acceptors (Lipinski definition) is 0. The molecule has 0 radical (unpaired) electrons. The zero-order chi connectivity index (χ0) is 34.5. The Hall–Kier alpha value is -5.28. The minimum absolute atomic E-state index is 0.0837. The first-order chi connectivity index (χ1) is 25.0. The Balaban J connectivity index is 1.17. The van der Waals surface area contributed by atoms with E-state index in [1.54, 1.807) is 0 Å².